The van der Waals surface area contributed by atoms with Crippen molar-refractivity contribution in [3.05, 3.63) is 23.8 Å². The molecular formula is C16H21N3O2. The summed E-state index contributed by atoms with van der Waals surface area (Å²) in [4.78, 5) is 25.8. The molecule has 0 aromatic heterocycles. The van der Waals surface area contributed by atoms with Gasteiger partial charge in [0, 0.05) is 43.9 Å². The highest BCUT2D eigenvalue weighted by Gasteiger charge is 2.28. The SMILES string of the molecule is CCC(=O)C1CNCCN1c1ccc2c(c1)CCC(=O)N2. The molecule has 3 rings (SSSR count). The van der Waals surface area contributed by atoms with Crippen LogP contribution < -0.4 is 15.5 Å². The lowest BCUT2D eigenvalue weighted by atomic mass is 10.00. The smallest absolute Gasteiger partial charge is 0.224 e. The van der Waals surface area contributed by atoms with E-state index in [0.29, 0.717) is 19.4 Å². The van der Waals surface area contributed by atoms with Gasteiger partial charge in [-0.05, 0) is 30.2 Å². The first-order valence-corrected chi connectivity index (χ1v) is 7.62. The monoisotopic (exact) mass is 287 g/mol. The molecule has 2 aliphatic heterocycles. The molecule has 1 atom stereocenters. The average Bonchev–Trinajstić information content (AvgIpc) is 2.53. The third-order valence-electron chi connectivity index (χ3n) is 4.28. The van der Waals surface area contributed by atoms with E-state index in [1.807, 2.05) is 19.1 Å². The molecule has 1 aromatic carbocycles. The highest BCUT2D eigenvalue weighted by molar-refractivity contribution is 5.94. The zero-order valence-electron chi connectivity index (χ0n) is 12.3. The van der Waals surface area contributed by atoms with E-state index in [1.165, 1.54) is 0 Å². The molecule has 5 nitrogen and oxygen atoms in total. The third kappa shape index (κ3) is 2.78. The zero-order valence-corrected chi connectivity index (χ0v) is 12.3. The molecule has 2 heterocycles. The Morgan fingerprint density at radius 2 is 2.24 bits per heavy atom. The van der Waals surface area contributed by atoms with Gasteiger partial charge in [0.1, 0.15) is 6.04 Å². The van der Waals surface area contributed by atoms with Crippen LogP contribution in [-0.2, 0) is 16.0 Å². The third-order valence-corrected chi connectivity index (χ3v) is 4.28. The maximum absolute atomic E-state index is 12.1. The summed E-state index contributed by atoms with van der Waals surface area (Å²) >= 11 is 0. The molecule has 21 heavy (non-hydrogen) atoms. The maximum Gasteiger partial charge on any atom is 0.224 e. The van der Waals surface area contributed by atoms with Gasteiger partial charge in [-0.2, -0.15) is 0 Å². The van der Waals surface area contributed by atoms with E-state index in [4.69, 9.17) is 0 Å². The Balaban J connectivity index is 1.88. The molecule has 2 N–H and O–H groups in total. The molecule has 1 amide bonds. The number of nitrogens with zero attached hydrogens (tertiary/aromatic N) is 1. The average molecular weight is 287 g/mol. The number of fused-ring (bicyclic) bond motifs is 1. The van der Waals surface area contributed by atoms with Crippen molar-refractivity contribution in [3.63, 3.8) is 0 Å². The number of carbonyl (C=O) groups excluding carboxylic acids is 2. The number of anilines is 2. The number of piperazine rings is 1. The van der Waals surface area contributed by atoms with Gasteiger partial charge in [0.15, 0.2) is 5.78 Å². The van der Waals surface area contributed by atoms with Gasteiger partial charge < -0.3 is 15.5 Å². The Morgan fingerprint density at radius 3 is 3.05 bits per heavy atom. The molecule has 0 aliphatic carbocycles. The van der Waals surface area contributed by atoms with Crippen LogP contribution in [0.25, 0.3) is 0 Å². The largest absolute Gasteiger partial charge is 0.359 e. The lowest BCUT2D eigenvalue weighted by molar-refractivity contribution is -0.120. The summed E-state index contributed by atoms with van der Waals surface area (Å²) in [6.07, 6.45) is 1.87. The van der Waals surface area contributed by atoms with Crippen LogP contribution in [0.1, 0.15) is 25.3 Å². The quantitative estimate of drug-likeness (QED) is 0.880. The predicted molar refractivity (Wildman–Crippen MR) is 82.7 cm³/mol. The second-order valence-corrected chi connectivity index (χ2v) is 5.62. The fourth-order valence-corrected chi connectivity index (χ4v) is 3.09. The van der Waals surface area contributed by atoms with Crippen LogP contribution in [0.4, 0.5) is 11.4 Å². The second kappa shape index (κ2) is 5.85. The van der Waals surface area contributed by atoms with Gasteiger partial charge in [0.05, 0.1) is 0 Å². The minimum Gasteiger partial charge on any atom is -0.359 e. The second-order valence-electron chi connectivity index (χ2n) is 5.62. The first-order valence-electron chi connectivity index (χ1n) is 7.62. The molecular weight excluding hydrogens is 266 g/mol. The number of hydrogen-bond donors (Lipinski definition) is 2. The Hall–Kier alpha value is -1.88. The number of nitrogens with one attached hydrogen (secondary N) is 2. The van der Waals surface area contributed by atoms with Gasteiger partial charge in [-0.3, -0.25) is 9.59 Å². The highest BCUT2D eigenvalue weighted by atomic mass is 16.1. The van der Waals surface area contributed by atoms with E-state index >= 15 is 0 Å². The van der Waals surface area contributed by atoms with E-state index in [2.05, 4.69) is 21.6 Å². The van der Waals surface area contributed by atoms with Crippen molar-refractivity contribution in [1.29, 1.82) is 0 Å². The fraction of sp³-hybridized carbons (Fsp3) is 0.500. The van der Waals surface area contributed by atoms with E-state index in [0.717, 1.165) is 36.4 Å². The van der Waals surface area contributed by atoms with Crippen molar-refractivity contribution in [1.82, 2.24) is 5.32 Å². The van der Waals surface area contributed by atoms with Crippen molar-refractivity contribution in [2.75, 3.05) is 29.9 Å². The summed E-state index contributed by atoms with van der Waals surface area (Å²) in [7, 11) is 0. The molecule has 2 aliphatic rings. The van der Waals surface area contributed by atoms with Crippen LogP contribution in [0, 0.1) is 0 Å². The molecule has 0 spiro atoms. The van der Waals surface area contributed by atoms with Crippen LogP contribution in [-0.4, -0.2) is 37.4 Å². The minimum absolute atomic E-state index is 0.0801. The van der Waals surface area contributed by atoms with Gasteiger partial charge in [0.2, 0.25) is 5.91 Å². The van der Waals surface area contributed by atoms with E-state index in [1.54, 1.807) is 0 Å². The molecule has 1 saturated heterocycles. The first-order chi connectivity index (χ1) is 10.2. The molecule has 0 saturated carbocycles. The molecule has 1 unspecified atom stereocenters. The summed E-state index contributed by atoms with van der Waals surface area (Å²) in [6.45, 7) is 4.35. The van der Waals surface area contributed by atoms with Gasteiger partial charge in [-0.15, -0.1) is 0 Å². The summed E-state index contributed by atoms with van der Waals surface area (Å²) in [6, 6.07) is 6.00. The number of hydrogen-bond acceptors (Lipinski definition) is 4. The van der Waals surface area contributed by atoms with Crippen molar-refractivity contribution in [3.8, 4) is 0 Å². The van der Waals surface area contributed by atoms with Crippen molar-refractivity contribution in [2.24, 2.45) is 0 Å². The van der Waals surface area contributed by atoms with Gasteiger partial charge in [0.25, 0.3) is 0 Å². The summed E-state index contributed by atoms with van der Waals surface area (Å²) < 4.78 is 0. The van der Waals surface area contributed by atoms with E-state index in [9.17, 15) is 9.59 Å². The Morgan fingerprint density at radius 1 is 1.38 bits per heavy atom. The number of benzene rings is 1. The first kappa shape index (κ1) is 14.1. The number of Topliss-reactive ketones (excluding diaryl/α,β-unsaturated/α-hetero) is 1. The number of carbonyl (C=O) groups is 2. The minimum atomic E-state index is -0.0834. The normalized spacial score (nSPS) is 21.7. The van der Waals surface area contributed by atoms with E-state index in [-0.39, 0.29) is 17.7 Å². The Bertz CT molecular complexity index is 571. The van der Waals surface area contributed by atoms with Gasteiger partial charge in [-0.1, -0.05) is 6.92 Å². The van der Waals surface area contributed by atoms with Crippen LogP contribution in [0.3, 0.4) is 0 Å². The van der Waals surface area contributed by atoms with E-state index < -0.39 is 0 Å². The summed E-state index contributed by atoms with van der Waals surface area (Å²) in [5.74, 6) is 0.352. The molecule has 5 heteroatoms. The van der Waals surface area contributed by atoms with Gasteiger partial charge in [-0.25, -0.2) is 0 Å². The molecule has 0 radical (unpaired) electrons. The summed E-state index contributed by atoms with van der Waals surface area (Å²) in [5, 5.41) is 6.20. The van der Waals surface area contributed by atoms with Crippen molar-refractivity contribution < 1.29 is 9.59 Å². The van der Waals surface area contributed by atoms with Crippen LogP contribution in [0.2, 0.25) is 0 Å². The Kier molecular flexibility index (Phi) is 3.92. The van der Waals surface area contributed by atoms with Crippen LogP contribution in [0.5, 0.6) is 0 Å². The van der Waals surface area contributed by atoms with Gasteiger partial charge >= 0.3 is 0 Å². The topological polar surface area (TPSA) is 61.4 Å². The molecule has 1 aromatic rings. The number of amides is 1. The highest BCUT2D eigenvalue weighted by Crippen LogP contribution is 2.29. The predicted octanol–water partition coefficient (Wildman–Crippen LogP) is 1.33. The lowest BCUT2D eigenvalue weighted by Gasteiger charge is -2.37. The van der Waals surface area contributed by atoms with Crippen LogP contribution in [0.15, 0.2) is 18.2 Å². The molecule has 1 fully saturated rings. The molecule has 0 bridgehead atoms. The summed E-state index contributed by atoms with van der Waals surface area (Å²) in [5.41, 5.74) is 3.15. The van der Waals surface area contributed by atoms with Crippen molar-refractivity contribution in [2.45, 2.75) is 32.2 Å². The lowest BCUT2D eigenvalue weighted by Crippen LogP contribution is -2.55. The zero-order chi connectivity index (χ0) is 14.8. The van der Waals surface area contributed by atoms with Crippen molar-refractivity contribution >= 4 is 23.1 Å². The number of aryl methyl sites for hydroxylation is 1. The fourth-order valence-electron chi connectivity index (χ4n) is 3.09. The standard InChI is InChI=1S/C16H21N3O2/c1-2-15(20)14-10-17-7-8-19(14)12-4-5-13-11(9-12)3-6-16(21)18-13/h4-5,9,14,17H,2-3,6-8,10H2,1H3,(H,18,21). The number of rotatable bonds is 3. The maximum atomic E-state index is 12.1. The van der Waals surface area contributed by atoms with Crippen LogP contribution >= 0.6 is 0 Å². The molecule has 112 valence electrons. The Labute approximate surface area is 124 Å². The number of ketones is 1.